The number of likely N-dealkylation sites (tertiary alicyclic amines) is 1. The maximum absolute atomic E-state index is 12.5. The second-order valence-corrected chi connectivity index (χ2v) is 7.36. The number of piperazine rings is 1. The van der Waals surface area contributed by atoms with E-state index in [0.29, 0.717) is 39.1 Å². The van der Waals surface area contributed by atoms with Crippen molar-refractivity contribution < 1.29 is 14.3 Å². The molecule has 1 aromatic heterocycles. The Bertz CT molecular complexity index is 564. The third kappa shape index (κ3) is 4.70. The van der Waals surface area contributed by atoms with Gasteiger partial charge < -0.3 is 14.5 Å². The lowest BCUT2D eigenvalue weighted by molar-refractivity contribution is -0.151. The summed E-state index contributed by atoms with van der Waals surface area (Å²) in [5.41, 5.74) is 0. The summed E-state index contributed by atoms with van der Waals surface area (Å²) in [5, 5.41) is 3.05. The van der Waals surface area contributed by atoms with Crippen LogP contribution >= 0.6 is 11.3 Å². The molecule has 0 aliphatic carbocycles. The number of carbonyl (C=O) groups is 2. The van der Waals surface area contributed by atoms with Crippen LogP contribution in [0.15, 0.2) is 11.6 Å². The number of rotatable bonds is 5. The lowest BCUT2D eigenvalue weighted by atomic mass is 9.97. The van der Waals surface area contributed by atoms with E-state index in [1.165, 1.54) is 0 Å². The van der Waals surface area contributed by atoms with Gasteiger partial charge in [-0.2, -0.15) is 0 Å². The minimum atomic E-state index is -0.118. The molecule has 8 heteroatoms. The van der Waals surface area contributed by atoms with Crippen molar-refractivity contribution in [3.63, 3.8) is 0 Å². The van der Waals surface area contributed by atoms with Gasteiger partial charge in [-0.05, 0) is 19.8 Å². The molecule has 3 heterocycles. The minimum Gasteiger partial charge on any atom is -0.466 e. The van der Waals surface area contributed by atoms with Crippen LogP contribution in [-0.2, 0) is 14.3 Å². The number of carbonyl (C=O) groups excluding carboxylic acids is 2. The Morgan fingerprint density at radius 3 is 2.52 bits per heavy atom. The first-order valence-electron chi connectivity index (χ1n) is 8.98. The molecule has 2 aliphatic rings. The Kier molecular flexibility index (Phi) is 6.25. The summed E-state index contributed by atoms with van der Waals surface area (Å²) in [6, 6.07) is 0. The number of hydrogen-bond acceptors (Lipinski definition) is 7. The van der Waals surface area contributed by atoms with Crippen LogP contribution in [0, 0.1) is 5.92 Å². The van der Waals surface area contributed by atoms with Gasteiger partial charge in [-0.3, -0.25) is 14.5 Å². The van der Waals surface area contributed by atoms with E-state index in [0.717, 1.165) is 31.3 Å². The molecular weight excluding hydrogens is 340 g/mol. The number of thiazole rings is 1. The Morgan fingerprint density at radius 2 is 1.92 bits per heavy atom. The largest absolute Gasteiger partial charge is 0.466 e. The number of anilines is 1. The first-order valence-corrected chi connectivity index (χ1v) is 9.86. The molecule has 0 N–H and O–H groups in total. The molecule has 0 bridgehead atoms. The Balaban J connectivity index is 1.39. The number of aromatic nitrogens is 1. The molecule has 1 aromatic rings. The van der Waals surface area contributed by atoms with Gasteiger partial charge in [0.25, 0.3) is 0 Å². The van der Waals surface area contributed by atoms with Crippen LogP contribution in [0.2, 0.25) is 0 Å². The minimum absolute atomic E-state index is 0.0501. The van der Waals surface area contributed by atoms with Crippen LogP contribution in [-0.4, -0.2) is 79.1 Å². The molecule has 2 saturated heterocycles. The average molecular weight is 366 g/mol. The predicted molar refractivity (Wildman–Crippen MR) is 96.7 cm³/mol. The monoisotopic (exact) mass is 366 g/mol. The maximum atomic E-state index is 12.5. The molecule has 7 nitrogen and oxygen atoms in total. The standard InChI is InChI=1S/C17H26N4O3S/c1-2-24-16(23)14-3-6-20(7-4-14)15(22)13-19-8-10-21(11-9-19)17-18-5-12-25-17/h5,12,14H,2-4,6-11,13H2,1H3. The highest BCUT2D eigenvalue weighted by Crippen LogP contribution is 2.20. The van der Waals surface area contributed by atoms with Gasteiger partial charge in [0.15, 0.2) is 5.13 Å². The van der Waals surface area contributed by atoms with Crippen LogP contribution < -0.4 is 4.90 Å². The van der Waals surface area contributed by atoms with Gasteiger partial charge in [0.05, 0.1) is 19.1 Å². The van der Waals surface area contributed by atoms with Crippen LogP contribution in [0.1, 0.15) is 19.8 Å². The Labute approximate surface area is 152 Å². The maximum Gasteiger partial charge on any atom is 0.309 e. The topological polar surface area (TPSA) is 66.0 Å². The SMILES string of the molecule is CCOC(=O)C1CCN(C(=O)CN2CCN(c3nccs3)CC2)CC1. The molecule has 0 radical (unpaired) electrons. The summed E-state index contributed by atoms with van der Waals surface area (Å²) in [6.07, 6.45) is 3.25. The fourth-order valence-electron chi connectivity index (χ4n) is 3.39. The van der Waals surface area contributed by atoms with Gasteiger partial charge >= 0.3 is 5.97 Å². The van der Waals surface area contributed by atoms with Crippen molar-refractivity contribution in [2.24, 2.45) is 5.92 Å². The number of amides is 1. The van der Waals surface area contributed by atoms with E-state index in [1.807, 2.05) is 23.4 Å². The predicted octanol–water partition coefficient (Wildman–Crippen LogP) is 1.07. The normalized spacial score (nSPS) is 19.9. The van der Waals surface area contributed by atoms with E-state index < -0.39 is 0 Å². The zero-order valence-electron chi connectivity index (χ0n) is 14.7. The lowest BCUT2D eigenvalue weighted by Gasteiger charge is -2.36. The summed E-state index contributed by atoms with van der Waals surface area (Å²) in [4.78, 5) is 35.0. The van der Waals surface area contributed by atoms with E-state index in [1.54, 1.807) is 11.3 Å². The first-order chi connectivity index (χ1) is 12.2. The number of hydrogen-bond donors (Lipinski definition) is 0. The van der Waals surface area contributed by atoms with Crippen molar-refractivity contribution in [1.82, 2.24) is 14.8 Å². The van der Waals surface area contributed by atoms with Crippen molar-refractivity contribution in [1.29, 1.82) is 0 Å². The van der Waals surface area contributed by atoms with Crippen LogP contribution in [0.4, 0.5) is 5.13 Å². The molecule has 2 aliphatic heterocycles. The molecule has 1 amide bonds. The fourth-order valence-corrected chi connectivity index (χ4v) is 4.08. The smallest absolute Gasteiger partial charge is 0.309 e. The molecule has 0 spiro atoms. The summed E-state index contributed by atoms with van der Waals surface area (Å²) >= 11 is 1.66. The van der Waals surface area contributed by atoms with E-state index in [9.17, 15) is 9.59 Å². The van der Waals surface area contributed by atoms with Gasteiger partial charge in [-0.1, -0.05) is 0 Å². The molecule has 3 rings (SSSR count). The fraction of sp³-hybridized carbons (Fsp3) is 0.706. The number of nitrogens with zero attached hydrogens (tertiary/aromatic N) is 4. The van der Waals surface area contributed by atoms with Crippen LogP contribution in [0.5, 0.6) is 0 Å². The first kappa shape index (κ1) is 18.1. The molecule has 138 valence electrons. The highest BCUT2D eigenvalue weighted by molar-refractivity contribution is 7.13. The molecule has 0 atom stereocenters. The van der Waals surface area contributed by atoms with E-state index in [4.69, 9.17) is 4.74 Å². The third-order valence-electron chi connectivity index (χ3n) is 4.89. The van der Waals surface area contributed by atoms with Crippen LogP contribution in [0.3, 0.4) is 0 Å². The summed E-state index contributed by atoms with van der Waals surface area (Å²) < 4.78 is 5.08. The summed E-state index contributed by atoms with van der Waals surface area (Å²) in [5.74, 6) is 0.00348. The van der Waals surface area contributed by atoms with Crippen molar-refractivity contribution in [2.45, 2.75) is 19.8 Å². The lowest BCUT2D eigenvalue weighted by Crippen LogP contribution is -2.51. The Hall–Kier alpha value is -1.67. The highest BCUT2D eigenvalue weighted by Gasteiger charge is 2.29. The number of ether oxygens (including phenoxy) is 1. The highest BCUT2D eigenvalue weighted by atomic mass is 32.1. The molecule has 2 fully saturated rings. The molecule has 0 aromatic carbocycles. The second kappa shape index (κ2) is 8.62. The quantitative estimate of drug-likeness (QED) is 0.726. The van der Waals surface area contributed by atoms with Gasteiger partial charge in [0, 0.05) is 50.8 Å². The Morgan fingerprint density at radius 1 is 1.20 bits per heavy atom. The zero-order chi connectivity index (χ0) is 17.6. The van der Waals surface area contributed by atoms with Crippen molar-refractivity contribution in [3.8, 4) is 0 Å². The molecule has 0 unspecified atom stereocenters. The van der Waals surface area contributed by atoms with E-state index in [-0.39, 0.29) is 17.8 Å². The molecule has 0 saturated carbocycles. The van der Waals surface area contributed by atoms with Crippen molar-refractivity contribution in [3.05, 3.63) is 11.6 Å². The number of esters is 1. The van der Waals surface area contributed by atoms with E-state index >= 15 is 0 Å². The van der Waals surface area contributed by atoms with Crippen molar-refractivity contribution >= 4 is 28.3 Å². The third-order valence-corrected chi connectivity index (χ3v) is 5.72. The molecule has 25 heavy (non-hydrogen) atoms. The van der Waals surface area contributed by atoms with Gasteiger partial charge in [-0.15, -0.1) is 11.3 Å². The van der Waals surface area contributed by atoms with Crippen molar-refractivity contribution in [2.75, 3.05) is 57.3 Å². The van der Waals surface area contributed by atoms with Gasteiger partial charge in [-0.25, -0.2) is 4.98 Å². The summed E-state index contributed by atoms with van der Waals surface area (Å²) in [6.45, 7) is 7.60. The zero-order valence-corrected chi connectivity index (χ0v) is 15.5. The second-order valence-electron chi connectivity index (χ2n) is 6.48. The summed E-state index contributed by atoms with van der Waals surface area (Å²) in [7, 11) is 0. The van der Waals surface area contributed by atoms with Gasteiger partial charge in [0.1, 0.15) is 0 Å². The molecular formula is C17H26N4O3S. The van der Waals surface area contributed by atoms with Crippen LogP contribution in [0.25, 0.3) is 0 Å². The average Bonchev–Trinajstić information content (AvgIpc) is 3.17. The van der Waals surface area contributed by atoms with Gasteiger partial charge in [0.2, 0.25) is 5.91 Å². The number of piperidine rings is 1. The van der Waals surface area contributed by atoms with E-state index in [2.05, 4.69) is 14.8 Å².